The molecule has 0 atom stereocenters. The van der Waals surface area contributed by atoms with Gasteiger partial charge in [-0.2, -0.15) is 0 Å². The summed E-state index contributed by atoms with van der Waals surface area (Å²) >= 11 is 0. The second-order valence-electron chi connectivity index (χ2n) is 7.12. The highest BCUT2D eigenvalue weighted by molar-refractivity contribution is 5.97. The molecule has 3 amide bonds. The zero-order valence-electron chi connectivity index (χ0n) is 15.5. The molecule has 2 fully saturated rings. The summed E-state index contributed by atoms with van der Waals surface area (Å²) in [7, 11) is 0. The van der Waals surface area contributed by atoms with Gasteiger partial charge in [0.2, 0.25) is 0 Å². The fourth-order valence-electron chi connectivity index (χ4n) is 3.60. The lowest BCUT2D eigenvalue weighted by Gasteiger charge is -2.21. The highest BCUT2D eigenvalue weighted by Crippen LogP contribution is 2.19. The molecule has 1 aromatic rings. The summed E-state index contributed by atoms with van der Waals surface area (Å²) < 4.78 is 5.16. The first-order chi connectivity index (χ1) is 13.1. The minimum absolute atomic E-state index is 0.175. The Morgan fingerprint density at radius 3 is 2.59 bits per heavy atom. The van der Waals surface area contributed by atoms with Crippen LogP contribution in [0.15, 0.2) is 24.3 Å². The molecule has 1 aliphatic heterocycles. The number of hydrogen-bond acceptors (Lipinski definition) is 4. The molecule has 146 valence electrons. The normalized spacial score (nSPS) is 18.4. The fourth-order valence-corrected chi connectivity index (χ4v) is 3.60. The Morgan fingerprint density at radius 2 is 1.89 bits per heavy atom. The van der Waals surface area contributed by atoms with Crippen molar-refractivity contribution in [1.82, 2.24) is 10.6 Å². The Balaban J connectivity index is 1.50. The van der Waals surface area contributed by atoms with Crippen molar-refractivity contribution in [3.63, 3.8) is 0 Å². The van der Waals surface area contributed by atoms with Gasteiger partial charge in [0.1, 0.15) is 0 Å². The molecule has 1 aliphatic carbocycles. The Bertz CT molecular complexity index is 684. The van der Waals surface area contributed by atoms with Crippen LogP contribution in [0.4, 0.5) is 10.5 Å². The first kappa shape index (κ1) is 19.2. The number of amides is 3. The van der Waals surface area contributed by atoms with Gasteiger partial charge in [0.05, 0.1) is 5.56 Å². The number of rotatable bonds is 5. The number of hydrogen-bond donors (Lipinski definition) is 2. The van der Waals surface area contributed by atoms with Crippen molar-refractivity contribution < 1.29 is 19.1 Å². The van der Waals surface area contributed by atoms with Crippen LogP contribution in [-0.2, 0) is 9.53 Å². The molecular weight excluding hydrogens is 346 g/mol. The summed E-state index contributed by atoms with van der Waals surface area (Å²) in [5.74, 6) is -0.826. The molecule has 1 heterocycles. The van der Waals surface area contributed by atoms with Gasteiger partial charge < -0.3 is 15.4 Å². The fraction of sp³-hybridized carbons (Fsp3) is 0.550. The summed E-state index contributed by atoms with van der Waals surface area (Å²) in [4.78, 5) is 37.7. The Hall–Kier alpha value is -2.57. The highest BCUT2D eigenvalue weighted by Gasteiger charge is 2.22. The van der Waals surface area contributed by atoms with Crippen LogP contribution < -0.4 is 15.5 Å². The number of benzene rings is 1. The van der Waals surface area contributed by atoms with Gasteiger partial charge in [0.25, 0.3) is 5.91 Å². The molecule has 0 radical (unpaired) electrons. The van der Waals surface area contributed by atoms with Crippen LogP contribution in [0.5, 0.6) is 0 Å². The number of urea groups is 1. The van der Waals surface area contributed by atoms with Crippen LogP contribution in [0, 0.1) is 0 Å². The van der Waals surface area contributed by atoms with Crippen molar-refractivity contribution in [3.8, 4) is 0 Å². The Morgan fingerprint density at radius 1 is 1.15 bits per heavy atom. The average molecular weight is 373 g/mol. The van der Waals surface area contributed by atoms with E-state index < -0.39 is 5.97 Å². The molecule has 7 nitrogen and oxygen atoms in total. The summed E-state index contributed by atoms with van der Waals surface area (Å²) in [6.45, 7) is 0.847. The van der Waals surface area contributed by atoms with E-state index in [1.807, 2.05) is 0 Å². The summed E-state index contributed by atoms with van der Waals surface area (Å²) in [5, 5.41) is 5.70. The lowest BCUT2D eigenvalue weighted by Crippen LogP contribution is -2.38. The van der Waals surface area contributed by atoms with Gasteiger partial charge >= 0.3 is 12.0 Å². The predicted octanol–water partition coefficient (Wildman–Crippen LogP) is 2.60. The summed E-state index contributed by atoms with van der Waals surface area (Å²) in [5.41, 5.74) is 0.962. The van der Waals surface area contributed by atoms with Crippen molar-refractivity contribution in [2.24, 2.45) is 0 Å². The van der Waals surface area contributed by atoms with Crippen LogP contribution in [0.1, 0.15) is 55.3 Å². The standard InChI is InChI=1S/C20H27N3O4/c24-18(22-16-8-4-2-1-3-5-9-16)14-27-19(25)15-7-6-10-17(13-15)23-12-11-21-20(23)26/h6-7,10,13,16H,1-5,8-9,11-12,14H2,(H,21,26)(H,22,24). The van der Waals surface area contributed by atoms with Crippen molar-refractivity contribution in [1.29, 1.82) is 0 Å². The Labute approximate surface area is 159 Å². The van der Waals surface area contributed by atoms with Crippen LogP contribution >= 0.6 is 0 Å². The molecule has 0 aromatic heterocycles. The molecule has 3 rings (SSSR count). The molecule has 1 aromatic carbocycles. The number of carbonyl (C=O) groups is 3. The van der Waals surface area contributed by atoms with E-state index in [1.165, 1.54) is 19.3 Å². The largest absolute Gasteiger partial charge is 0.452 e. The molecule has 0 bridgehead atoms. The molecule has 1 saturated heterocycles. The van der Waals surface area contributed by atoms with Gasteiger partial charge in [-0.25, -0.2) is 9.59 Å². The third-order valence-electron chi connectivity index (χ3n) is 5.05. The molecule has 0 spiro atoms. The van der Waals surface area contributed by atoms with E-state index in [1.54, 1.807) is 29.2 Å². The number of ether oxygens (including phenoxy) is 1. The molecule has 27 heavy (non-hydrogen) atoms. The summed E-state index contributed by atoms with van der Waals surface area (Å²) in [6, 6.07) is 6.69. The molecular formula is C20H27N3O4. The van der Waals surface area contributed by atoms with Crippen molar-refractivity contribution in [3.05, 3.63) is 29.8 Å². The zero-order valence-corrected chi connectivity index (χ0v) is 15.5. The molecule has 0 unspecified atom stereocenters. The first-order valence-electron chi connectivity index (χ1n) is 9.75. The third kappa shape index (κ3) is 5.45. The first-order valence-corrected chi connectivity index (χ1v) is 9.75. The SMILES string of the molecule is O=C(COC(=O)c1cccc(N2CCNC2=O)c1)NC1CCCCCCC1. The van der Waals surface area contributed by atoms with E-state index in [9.17, 15) is 14.4 Å². The van der Waals surface area contributed by atoms with Crippen LogP contribution in [0.3, 0.4) is 0 Å². The van der Waals surface area contributed by atoms with Crippen molar-refractivity contribution >= 4 is 23.6 Å². The number of esters is 1. The van der Waals surface area contributed by atoms with Crippen molar-refractivity contribution in [2.45, 2.75) is 51.0 Å². The van der Waals surface area contributed by atoms with Gasteiger partial charge in [-0.05, 0) is 31.0 Å². The highest BCUT2D eigenvalue weighted by atomic mass is 16.5. The van der Waals surface area contributed by atoms with Gasteiger partial charge in [0, 0.05) is 24.8 Å². The van der Waals surface area contributed by atoms with Gasteiger partial charge in [-0.3, -0.25) is 9.69 Å². The monoisotopic (exact) mass is 373 g/mol. The van der Waals surface area contributed by atoms with E-state index >= 15 is 0 Å². The maximum Gasteiger partial charge on any atom is 0.338 e. The van der Waals surface area contributed by atoms with E-state index in [4.69, 9.17) is 4.74 Å². The zero-order chi connectivity index (χ0) is 19.1. The average Bonchev–Trinajstić information content (AvgIpc) is 3.08. The van der Waals surface area contributed by atoms with Gasteiger partial charge in [-0.15, -0.1) is 0 Å². The van der Waals surface area contributed by atoms with Gasteiger partial charge in [0.15, 0.2) is 6.61 Å². The second kappa shape index (κ2) is 9.39. The molecule has 2 N–H and O–H groups in total. The number of carbonyl (C=O) groups excluding carboxylic acids is 3. The lowest BCUT2D eigenvalue weighted by molar-refractivity contribution is -0.125. The minimum Gasteiger partial charge on any atom is -0.452 e. The van der Waals surface area contributed by atoms with Gasteiger partial charge in [-0.1, -0.05) is 38.2 Å². The second-order valence-corrected chi connectivity index (χ2v) is 7.12. The number of nitrogens with one attached hydrogen (secondary N) is 2. The maximum atomic E-state index is 12.3. The number of nitrogens with zero attached hydrogens (tertiary/aromatic N) is 1. The smallest absolute Gasteiger partial charge is 0.338 e. The Kier molecular flexibility index (Phi) is 6.68. The van der Waals surface area contributed by atoms with Crippen LogP contribution in [0.2, 0.25) is 0 Å². The minimum atomic E-state index is -0.565. The van der Waals surface area contributed by atoms with E-state index in [-0.39, 0.29) is 24.6 Å². The third-order valence-corrected chi connectivity index (χ3v) is 5.05. The van der Waals surface area contributed by atoms with E-state index in [0.29, 0.717) is 24.3 Å². The maximum absolute atomic E-state index is 12.3. The molecule has 7 heteroatoms. The number of anilines is 1. The lowest BCUT2D eigenvalue weighted by atomic mass is 9.97. The van der Waals surface area contributed by atoms with E-state index in [2.05, 4.69) is 10.6 Å². The predicted molar refractivity (Wildman–Crippen MR) is 102 cm³/mol. The molecule has 2 aliphatic rings. The van der Waals surface area contributed by atoms with E-state index in [0.717, 1.165) is 25.7 Å². The van der Waals surface area contributed by atoms with Crippen LogP contribution in [0.25, 0.3) is 0 Å². The van der Waals surface area contributed by atoms with Crippen molar-refractivity contribution in [2.75, 3.05) is 24.6 Å². The quantitative estimate of drug-likeness (QED) is 0.777. The topological polar surface area (TPSA) is 87.7 Å². The summed E-state index contributed by atoms with van der Waals surface area (Å²) in [6.07, 6.45) is 7.93. The van der Waals surface area contributed by atoms with Crippen LogP contribution in [-0.4, -0.2) is 43.6 Å². The molecule has 1 saturated carbocycles.